The van der Waals surface area contributed by atoms with E-state index in [9.17, 15) is 4.79 Å². The Morgan fingerprint density at radius 3 is 2.33 bits per heavy atom. The summed E-state index contributed by atoms with van der Waals surface area (Å²) in [5.74, 6) is 0.664. The molecule has 0 saturated carbocycles. The zero-order valence-corrected chi connectivity index (χ0v) is 20.5. The number of aliphatic imine (C=N–C) groups is 1. The fraction of sp³-hybridized carbons (Fsp3) is 0.0435. The van der Waals surface area contributed by atoms with Crippen molar-refractivity contribution in [2.45, 2.75) is 6.61 Å². The summed E-state index contributed by atoms with van der Waals surface area (Å²) < 4.78 is 13.2. The molecule has 3 aromatic carbocycles. The molecule has 0 spiro atoms. The van der Waals surface area contributed by atoms with Crippen molar-refractivity contribution in [3.05, 3.63) is 101 Å². The van der Waals surface area contributed by atoms with Crippen molar-refractivity contribution in [1.29, 1.82) is 0 Å². The standard InChI is InChI=1S/C23H14ClI2NO3/c24-17-8-6-14(7-9-17)13-29-21-18(25)10-15(11-19(21)26)12-20-23(28)30-22(27-20)16-4-2-1-3-5-16/h1-12H,13H2/b20-12-. The smallest absolute Gasteiger partial charge is 0.363 e. The molecule has 7 heteroatoms. The topological polar surface area (TPSA) is 47.9 Å². The van der Waals surface area contributed by atoms with Gasteiger partial charge < -0.3 is 9.47 Å². The predicted octanol–water partition coefficient (Wildman–Crippen LogP) is 6.47. The van der Waals surface area contributed by atoms with Gasteiger partial charge in [-0.1, -0.05) is 41.9 Å². The third kappa shape index (κ3) is 5.04. The molecule has 0 radical (unpaired) electrons. The highest BCUT2D eigenvalue weighted by Gasteiger charge is 2.24. The lowest BCUT2D eigenvalue weighted by atomic mass is 10.2. The van der Waals surface area contributed by atoms with Gasteiger partial charge in [-0.05, 0) is 98.8 Å². The van der Waals surface area contributed by atoms with Crippen molar-refractivity contribution >= 4 is 74.7 Å². The van der Waals surface area contributed by atoms with E-state index in [1.54, 1.807) is 6.08 Å². The molecule has 0 atom stereocenters. The lowest BCUT2D eigenvalue weighted by Gasteiger charge is -2.11. The molecule has 0 aliphatic carbocycles. The summed E-state index contributed by atoms with van der Waals surface area (Å²) in [4.78, 5) is 16.6. The normalized spacial score (nSPS) is 14.6. The minimum Gasteiger partial charge on any atom is -0.487 e. The number of rotatable bonds is 5. The first-order valence-corrected chi connectivity index (χ1v) is 11.5. The molecule has 4 nitrogen and oxygen atoms in total. The maximum Gasteiger partial charge on any atom is 0.363 e. The van der Waals surface area contributed by atoms with Crippen molar-refractivity contribution < 1.29 is 14.3 Å². The summed E-state index contributed by atoms with van der Waals surface area (Å²) in [5.41, 5.74) is 2.93. The Bertz CT molecular complexity index is 1140. The monoisotopic (exact) mass is 641 g/mol. The minimum absolute atomic E-state index is 0.273. The quantitative estimate of drug-likeness (QED) is 0.182. The van der Waals surface area contributed by atoms with Crippen LogP contribution >= 0.6 is 56.8 Å². The molecule has 4 rings (SSSR count). The van der Waals surface area contributed by atoms with Gasteiger partial charge in [-0.3, -0.25) is 0 Å². The van der Waals surface area contributed by atoms with Crippen molar-refractivity contribution in [1.82, 2.24) is 0 Å². The average molecular weight is 642 g/mol. The van der Waals surface area contributed by atoms with Crippen molar-refractivity contribution in [2.75, 3.05) is 0 Å². The number of carbonyl (C=O) groups is 1. The second-order valence-corrected chi connectivity index (χ2v) is 9.19. The van der Waals surface area contributed by atoms with E-state index in [1.165, 1.54) is 0 Å². The second kappa shape index (κ2) is 9.49. The first-order valence-electron chi connectivity index (χ1n) is 8.94. The molecule has 0 saturated heterocycles. The number of esters is 1. The Morgan fingerprint density at radius 2 is 1.67 bits per heavy atom. The van der Waals surface area contributed by atoms with Gasteiger partial charge in [0.2, 0.25) is 5.90 Å². The SMILES string of the molecule is O=C1OC(c2ccccc2)=N/C1=C\c1cc(I)c(OCc2ccc(Cl)cc2)c(I)c1. The Hall–Kier alpha value is -1.91. The lowest BCUT2D eigenvalue weighted by Crippen LogP contribution is -2.05. The molecule has 0 unspecified atom stereocenters. The van der Waals surface area contributed by atoms with Crippen LogP contribution in [0, 0.1) is 7.14 Å². The van der Waals surface area contributed by atoms with E-state index in [0.29, 0.717) is 17.5 Å². The first kappa shape index (κ1) is 21.3. The van der Waals surface area contributed by atoms with Crippen LogP contribution in [0.5, 0.6) is 5.75 Å². The molecule has 3 aromatic rings. The summed E-state index contributed by atoms with van der Waals surface area (Å²) in [7, 11) is 0. The molecular formula is C23H14ClI2NO3. The fourth-order valence-electron chi connectivity index (χ4n) is 2.81. The van der Waals surface area contributed by atoms with Gasteiger partial charge in [-0.2, -0.15) is 0 Å². The van der Waals surface area contributed by atoms with E-state index < -0.39 is 5.97 Å². The first-order chi connectivity index (χ1) is 14.5. The van der Waals surface area contributed by atoms with E-state index in [2.05, 4.69) is 50.2 Å². The number of hydrogen-bond acceptors (Lipinski definition) is 4. The predicted molar refractivity (Wildman–Crippen MR) is 135 cm³/mol. The molecule has 0 fully saturated rings. The van der Waals surface area contributed by atoms with Crippen LogP contribution in [0.3, 0.4) is 0 Å². The molecule has 0 bridgehead atoms. The van der Waals surface area contributed by atoms with Crippen LogP contribution in [0.2, 0.25) is 5.02 Å². The minimum atomic E-state index is -0.457. The third-order valence-electron chi connectivity index (χ3n) is 4.26. The maximum absolute atomic E-state index is 12.2. The van der Waals surface area contributed by atoms with Gasteiger partial charge in [0.25, 0.3) is 0 Å². The van der Waals surface area contributed by atoms with E-state index in [1.807, 2.05) is 66.7 Å². The van der Waals surface area contributed by atoms with Gasteiger partial charge in [0.05, 0.1) is 7.14 Å². The van der Waals surface area contributed by atoms with Gasteiger partial charge in [0.15, 0.2) is 5.70 Å². The Kier molecular flexibility index (Phi) is 6.74. The number of halogens is 3. The highest BCUT2D eigenvalue weighted by atomic mass is 127. The van der Waals surface area contributed by atoms with Crippen molar-refractivity contribution in [3.8, 4) is 5.75 Å². The largest absolute Gasteiger partial charge is 0.487 e. The molecule has 1 aliphatic rings. The highest BCUT2D eigenvalue weighted by molar-refractivity contribution is 14.1. The summed E-state index contributed by atoms with van der Waals surface area (Å²) in [5, 5.41) is 0.698. The number of benzene rings is 3. The van der Waals surface area contributed by atoms with Crippen LogP contribution in [0.4, 0.5) is 0 Å². The van der Waals surface area contributed by atoms with Crippen LogP contribution in [-0.4, -0.2) is 11.9 Å². The van der Waals surface area contributed by atoms with E-state index in [0.717, 1.165) is 29.6 Å². The summed E-state index contributed by atoms with van der Waals surface area (Å²) >= 11 is 10.4. The lowest BCUT2D eigenvalue weighted by molar-refractivity contribution is -0.129. The van der Waals surface area contributed by atoms with Crippen molar-refractivity contribution in [2.24, 2.45) is 4.99 Å². The van der Waals surface area contributed by atoms with Gasteiger partial charge in [0, 0.05) is 10.6 Å². The number of cyclic esters (lactones) is 1. The number of carbonyl (C=O) groups excluding carboxylic acids is 1. The molecule has 0 N–H and O–H groups in total. The number of ether oxygens (including phenoxy) is 2. The van der Waals surface area contributed by atoms with Gasteiger partial charge in [-0.25, -0.2) is 9.79 Å². The van der Waals surface area contributed by atoms with Gasteiger partial charge in [0.1, 0.15) is 12.4 Å². The van der Waals surface area contributed by atoms with E-state index in [-0.39, 0.29) is 5.70 Å². The van der Waals surface area contributed by atoms with Crippen molar-refractivity contribution in [3.63, 3.8) is 0 Å². The van der Waals surface area contributed by atoms with Crippen LogP contribution in [0.15, 0.2) is 77.4 Å². The Morgan fingerprint density at radius 1 is 1.00 bits per heavy atom. The molecular weight excluding hydrogens is 628 g/mol. The highest BCUT2D eigenvalue weighted by Crippen LogP contribution is 2.31. The summed E-state index contributed by atoms with van der Waals surface area (Å²) in [6.07, 6.45) is 1.73. The molecule has 0 aromatic heterocycles. The summed E-state index contributed by atoms with van der Waals surface area (Å²) in [6, 6.07) is 20.8. The second-order valence-electron chi connectivity index (χ2n) is 6.43. The van der Waals surface area contributed by atoms with Crippen LogP contribution in [0.25, 0.3) is 6.08 Å². The Balaban J connectivity index is 1.55. The molecule has 1 aliphatic heterocycles. The van der Waals surface area contributed by atoms with Gasteiger partial charge in [-0.15, -0.1) is 0 Å². The van der Waals surface area contributed by atoms with Crippen LogP contribution < -0.4 is 4.74 Å². The van der Waals surface area contributed by atoms with Crippen LogP contribution in [0.1, 0.15) is 16.7 Å². The summed E-state index contributed by atoms with van der Waals surface area (Å²) in [6.45, 7) is 0.445. The zero-order chi connectivity index (χ0) is 21.1. The molecule has 30 heavy (non-hydrogen) atoms. The molecule has 0 amide bonds. The molecule has 1 heterocycles. The number of nitrogens with zero attached hydrogens (tertiary/aromatic N) is 1. The maximum atomic E-state index is 12.2. The Labute approximate surface area is 206 Å². The third-order valence-corrected chi connectivity index (χ3v) is 6.12. The van der Waals surface area contributed by atoms with Crippen LogP contribution in [-0.2, 0) is 16.1 Å². The zero-order valence-electron chi connectivity index (χ0n) is 15.4. The number of hydrogen-bond donors (Lipinski definition) is 0. The fourth-order valence-corrected chi connectivity index (χ4v) is 5.06. The van der Waals surface area contributed by atoms with E-state index in [4.69, 9.17) is 21.1 Å². The average Bonchev–Trinajstić information content (AvgIpc) is 3.10. The van der Waals surface area contributed by atoms with Gasteiger partial charge >= 0.3 is 5.97 Å². The van der Waals surface area contributed by atoms with E-state index >= 15 is 0 Å². The molecule has 150 valence electrons.